The normalized spacial score (nSPS) is 37.5. The van der Waals surface area contributed by atoms with E-state index < -0.39 is 6.09 Å². The van der Waals surface area contributed by atoms with E-state index in [0.717, 1.165) is 19.4 Å². The molecule has 1 saturated carbocycles. The van der Waals surface area contributed by atoms with Crippen molar-refractivity contribution in [2.24, 2.45) is 11.3 Å². The molecule has 0 aromatic rings. The molecule has 3 nitrogen and oxygen atoms in total. The summed E-state index contributed by atoms with van der Waals surface area (Å²) in [5.41, 5.74) is 0.0609. The number of carbonyl (C=O) groups is 1. The van der Waals surface area contributed by atoms with E-state index in [0.29, 0.717) is 5.92 Å². The van der Waals surface area contributed by atoms with Gasteiger partial charge in [0.05, 0.1) is 5.54 Å². The molecule has 0 radical (unpaired) electrons. The second kappa shape index (κ2) is 2.20. The summed E-state index contributed by atoms with van der Waals surface area (Å²) in [5, 5.41) is 9.06. The summed E-state index contributed by atoms with van der Waals surface area (Å²) in [5.74, 6) is 0.628. The van der Waals surface area contributed by atoms with E-state index >= 15 is 0 Å². The van der Waals surface area contributed by atoms with Gasteiger partial charge in [0.2, 0.25) is 0 Å². The topological polar surface area (TPSA) is 40.5 Å². The zero-order chi connectivity index (χ0) is 9.85. The van der Waals surface area contributed by atoms with Gasteiger partial charge in [-0.05, 0) is 24.2 Å². The van der Waals surface area contributed by atoms with Gasteiger partial charge in [-0.25, -0.2) is 4.79 Å². The van der Waals surface area contributed by atoms with Gasteiger partial charge in [-0.3, -0.25) is 0 Å². The molecule has 0 bridgehead atoms. The van der Waals surface area contributed by atoms with Gasteiger partial charge in [-0.15, -0.1) is 0 Å². The fourth-order valence-electron chi connectivity index (χ4n) is 3.06. The van der Waals surface area contributed by atoms with E-state index in [-0.39, 0.29) is 11.0 Å². The van der Waals surface area contributed by atoms with Gasteiger partial charge in [0, 0.05) is 6.54 Å². The highest BCUT2D eigenvalue weighted by Gasteiger charge is 2.68. The molecule has 2 fully saturated rings. The SMILES string of the molecule is CC(C)(C)C12CC1CCN2C(=O)O. The van der Waals surface area contributed by atoms with Gasteiger partial charge in [0.15, 0.2) is 0 Å². The van der Waals surface area contributed by atoms with Gasteiger partial charge >= 0.3 is 6.09 Å². The Morgan fingerprint density at radius 2 is 2.15 bits per heavy atom. The van der Waals surface area contributed by atoms with Crippen LogP contribution in [0.5, 0.6) is 0 Å². The number of fused-ring (bicyclic) bond motifs is 1. The second-order valence-corrected chi connectivity index (χ2v) is 5.30. The molecule has 13 heavy (non-hydrogen) atoms. The Hall–Kier alpha value is -0.730. The lowest BCUT2D eigenvalue weighted by Crippen LogP contribution is -2.47. The predicted molar refractivity (Wildman–Crippen MR) is 49.6 cm³/mol. The molecule has 0 aromatic carbocycles. The average molecular weight is 183 g/mol. The first kappa shape index (κ1) is 8.85. The molecule has 2 unspecified atom stereocenters. The molecule has 1 amide bonds. The highest BCUT2D eigenvalue weighted by Crippen LogP contribution is 2.64. The second-order valence-electron chi connectivity index (χ2n) is 5.30. The Labute approximate surface area is 78.7 Å². The summed E-state index contributed by atoms with van der Waals surface area (Å²) in [6, 6.07) is 0. The van der Waals surface area contributed by atoms with Crippen LogP contribution in [0.25, 0.3) is 0 Å². The molecule has 1 N–H and O–H groups in total. The van der Waals surface area contributed by atoms with Crippen molar-refractivity contribution in [3.05, 3.63) is 0 Å². The standard InChI is InChI=1S/C10H17NO2/c1-9(2,3)10-6-7(10)4-5-11(10)8(12)13/h7H,4-6H2,1-3H3,(H,12,13). The number of piperidine rings is 1. The summed E-state index contributed by atoms with van der Waals surface area (Å²) >= 11 is 0. The maximum atomic E-state index is 11.0. The minimum atomic E-state index is -0.741. The maximum absolute atomic E-state index is 11.0. The highest BCUT2D eigenvalue weighted by molar-refractivity contribution is 5.68. The number of carboxylic acid groups (broad SMARTS) is 1. The lowest BCUT2D eigenvalue weighted by atomic mass is 9.82. The third-order valence-electron chi connectivity index (χ3n) is 3.79. The Morgan fingerprint density at radius 1 is 1.54 bits per heavy atom. The van der Waals surface area contributed by atoms with Gasteiger partial charge in [0.25, 0.3) is 0 Å². The molecule has 1 aliphatic carbocycles. The Morgan fingerprint density at radius 3 is 2.46 bits per heavy atom. The van der Waals surface area contributed by atoms with Crippen LogP contribution in [0, 0.1) is 11.3 Å². The first-order valence-corrected chi connectivity index (χ1v) is 4.90. The molecule has 2 atom stereocenters. The molecule has 3 heteroatoms. The van der Waals surface area contributed by atoms with Crippen molar-refractivity contribution >= 4 is 6.09 Å². The first-order chi connectivity index (χ1) is 5.89. The zero-order valence-electron chi connectivity index (χ0n) is 8.50. The minimum Gasteiger partial charge on any atom is -0.465 e. The minimum absolute atomic E-state index is 0.0289. The van der Waals surface area contributed by atoms with E-state index in [1.165, 1.54) is 0 Å². The van der Waals surface area contributed by atoms with Crippen LogP contribution in [0.1, 0.15) is 33.6 Å². The zero-order valence-corrected chi connectivity index (χ0v) is 8.50. The van der Waals surface area contributed by atoms with Crippen LogP contribution in [0.4, 0.5) is 4.79 Å². The van der Waals surface area contributed by atoms with Crippen LogP contribution in [-0.4, -0.2) is 28.2 Å². The number of likely N-dealkylation sites (tertiary alicyclic amines) is 1. The molecular weight excluding hydrogens is 166 g/mol. The monoisotopic (exact) mass is 183 g/mol. The van der Waals surface area contributed by atoms with Gasteiger partial charge < -0.3 is 10.0 Å². The first-order valence-electron chi connectivity index (χ1n) is 4.90. The Bertz CT molecular complexity index is 256. The summed E-state index contributed by atoms with van der Waals surface area (Å²) in [6.07, 6.45) is 1.39. The van der Waals surface area contributed by atoms with Crippen LogP contribution >= 0.6 is 0 Å². The summed E-state index contributed by atoms with van der Waals surface area (Å²) in [6.45, 7) is 7.17. The molecule has 74 valence electrons. The van der Waals surface area contributed by atoms with E-state index in [2.05, 4.69) is 20.8 Å². The van der Waals surface area contributed by atoms with E-state index in [4.69, 9.17) is 5.11 Å². The third-order valence-corrected chi connectivity index (χ3v) is 3.79. The third kappa shape index (κ3) is 0.930. The molecule has 0 aromatic heterocycles. The van der Waals surface area contributed by atoms with Crippen molar-refractivity contribution in [2.75, 3.05) is 6.54 Å². The van der Waals surface area contributed by atoms with Crippen molar-refractivity contribution in [2.45, 2.75) is 39.2 Å². The number of rotatable bonds is 0. The Kier molecular flexibility index (Phi) is 1.49. The fraction of sp³-hybridized carbons (Fsp3) is 0.900. The molecule has 1 saturated heterocycles. The lowest BCUT2D eigenvalue weighted by Gasteiger charge is -2.37. The maximum Gasteiger partial charge on any atom is 0.407 e. The Balaban J connectivity index is 2.29. The van der Waals surface area contributed by atoms with Gasteiger partial charge in [-0.1, -0.05) is 20.8 Å². The largest absolute Gasteiger partial charge is 0.465 e. The summed E-state index contributed by atoms with van der Waals surface area (Å²) in [4.78, 5) is 12.7. The van der Waals surface area contributed by atoms with E-state index in [1.54, 1.807) is 4.90 Å². The van der Waals surface area contributed by atoms with Gasteiger partial charge in [-0.2, -0.15) is 0 Å². The average Bonchev–Trinajstić information content (AvgIpc) is 2.57. The van der Waals surface area contributed by atoms with Crippen LogP contribution in [-0.2, 0) is 0 Å². The fourth-order valence-corrected chi connectivity index (χ4v) is 3.06. The van der Waals surface area contributed by atoms with E-state index in [1.807, 2.05) is 0 Å². The van der Waals surface area contributed by atoms with Crippen molar-refractivity contribution in [3.8, 4) is 0 Å². The van der Waals surface area contributed by atoms with Crippen molar-refractivity contribution in [1.29, 1.82) is 0 Å². The molecule has 0 spiro atoms. The molecule has 2 rings (SSSR count). The molecule has 2 aliphatic rings. The molecular formula is C10H17NO2. The van der Waals surface area contributed by atoms with Gasteiger partial charge in [0.1, 0.15) is 0 Å². The number of hydrogen-bond acceptors (Lipinski definition) is 1. The van der Waals surface area contributed by atoms with Crippen molar-refractivity contribution in [1.82, 2.24) is 4.90 Å². The van der Waals surface area contributed by atoms with Crippen LogP contribution in [0.2, 0.25) is 0 Å². The number of nitrogens with zero attached hydrogens (tertiary/aromatic N) is 1. The summed E-state index contributed by atoms with van der Waals surface area (Å²) in [7, 11) is 0. The van der Waals surface area contributed by atoms with Crippen LogP contribution < -0.4 is 0 Å². The smallest absolute Gasteiger partial charge is 0.407 e. The van der Waals surface area contributed by atoms with Crippen molar-refractivity contribution in [3.63, 3.8) is 0 Å². The number of amides is 1. The number of hydrogen-bond donors (Lipinski definition) is 1. The molecule has 1 heterocycles. The van der Waals surface area contributed by atoms with E-state index in [9.17, 15) is 4.79 Å². The predicted octanol–water partition coefficient (Wildman–Crippen LogP) is 2.17. The lowest BCUT2D eigenvalue weighted by molar-refractivity contribution is 0.0827. The quantitative estimate of drug-likeness (QED) is 0.625. The highest BCUT2D eigenvalue weighted by atomic mass is 16.4. The van der Waals surface area contributed by atoms with Crippen LogP contribution in [0.15, 0.2) is 0 Å². The van der Waals surface area contributed by atoms with Crippen LogP contribution in [0.3, 0.4) is 0 Å². The van der Waals surface area contributed by atoms with Crippen molar-refractivity contribution < 1.29 is 9.90 Å². The summed E-state index contributed by atoms with van der Waals surface area (Å²) < 4.78 is 0. The molecule has 1 aliphatic heterocycles.